The van der Waals surface area contributed by atoms with Crippen molar-refractivity contribution in [1.29, 1.82) is 0 Å². The van der Waals surface area contributed by atoms with Crippen molar-refractivity contribution in [2.75, 3.05) is 0 Å². The summed E-state index contributed by atoms with van der Waals surface area (Å²) in [5.41, 5.74) is 3.16. The first-order valence-corrected chi connectivity index (χ1v) is 11.3. The molecule has 0 bridgehead atoms. The highest BCUT2D eigenvalue weighted by atomic mass is 79.9. The van der Waals surface area contributed by atoms with Gasteiger partial charge in [-0.3, -0.25) is 14.6 Å². The minimum absolute atomic E-state index is 0.00479. The van der Waals surface area contributed by atoms with Crippen LogP contribution < -0.4 is 0 Å². The van der Waals surface area contributed by atoms with Gasteiger partial charge in [-0.05, 0) is 62.1 Å². The lowest BCUT2D eigenvalue weighted by molar-refractivity contribution is -0.151. The Hall–Kier alpha value is -1.75. The van der Waals surface area contributed by atoms with Crippen LogP contribution in [-0.4, -0.2) is 23.6 Å². The van der Waals surface area contributed by atoms with Gasteiger partial charge in [-0.15, -0.1) is 0 Å². The van der Waals surface area contributed by atoms with Crippen LogP contribution in [0.25, 0.3) is 0 Å². The highest BCUT2D eigenvalue weighted by Crippen LogP contribution is 2.48. The number of hydrogen-bond acceptors (Lipinski definition) is 4. The Kier molecular flexibility index (Phi) is 5.54. The molecule has 0 spiro atoms. The summed E-state index contributed by atoms with van der Waals surface area (Å²) >= 11 is 3.55. The fourth-order valence-corrected chi connectivity index (χ4v) is 5.47. The zero-order valence-corrected chi connectivity index (χ0v) is 18.9. The molecule has 2 atom stereocenters. The maximum absolute atomic E-state index is 13.3. The maximum atomic E-state index is 13.3. The Morgan fingerprint density at radius 2 is 1.93 bits per heavy atom. The lowest BCUT2D eigenvalue weighted by Gasteiger charge is -2.39. The Labute approximate surface area is 180 Å². The number of Topliss-reactive ketones (excluding diaryl/α,β-unsaturated/α-hetero) is 1. The van der Waals surface area contributed by atoms with Crippen LogP contribution in [0.4, 0.5) is 0 Å². The number of benzene rings is 1. The number of nitrogens with zero attached hydrogens (tertiary/aromatic N) is 1. The van der Waals surface area contributed by atoms with Crippen LogP contribution in [0.2, 0.25) is 0 Å². The summed E-state index contributed by atoms with van der Waals surface area (Å²) in [6.45, 7) is 6.11. The largest absolute Gasteiger partial charge is 0.462 e. The van der Waals surface area contributed by atoms with Crippen molar-refractivity contribution < 1.29 is 14.3 Å². The molecule has 1 heterocycles. The lowest BCUT2D eigenvalue weighted by Crippen LogP contribution is -2.40. The fourth-order valence-electron chi connectivity index (χ4n) is 5.05. The van der Waals surface area contributed by atoms with Crippen molar-refractivity contribution >= 4 is 33.4 Å². The summed E-state index contributed by atoms with van der Waals surface area (Å²) in [7, 11) is 0. The normalized spacial score (nSPS) is 26.9. The van der Waals surface area contributed by atoms with E-state index in [1.807, 2.05) is 31.2 Å². The van der Waals surface area contributed by atoms with Crippen LogP contribution in [0.3, 0.4) is 0 Å². The molecular formula is C24H28BrNO3. The van der Waals surface area contributed by atoms with Crippen molar-refractivity contribution in [2.45, 2.75) is 71.3 Å². The van der Waals surface area contributed by atoms with Gasteiger partial charge in [0.1, 0.15) is 12.0 Å². The number of carbonyl (C=O) groups is 2. The second kappa shape index (κ2) is 7.82. The molecule has 4 nitrogen and oxygen atoms in total. The van der Waals surface area contributed by atoms with Crippen LogP contribution >= 0.6 is 15.9 Å². The number of allylic oxidation sites excluding steroid dienone is 2. The topological polar surface area (TPSA) is 55.7 Å². The van der Waals surface area contributed by atoms with Gasteiger partial charge in [0, 0.05) is 33.8 Å². The van der Waals surface area contributed by atoms with Gasteiger partial charge in [0.15, 0.2) is 5.78 Å². The highest BCUT2D eigenvalue weighted by Gasteiger charge is 2.46. The summed E-state index contributed by atoms with van der Waals surface area (Å²) in [6, 6.07) is 7.93. The van der Waals surface area contributed by atoms with Crippen LogP contribution in [0, 0.1) is 11.3 Å². The van der Waals surface area contributed by atoms with Crippen LogP contribution in [0.1, 0.15) is 70.8 Å². The first-order valence-electron chi connectivity index (χ1n) is 10.5. The number of esters is 1. The Morgan fingerprint density at radius 1 is 1.21 bits per heavy atom. The average molecular weight is 458 g/mol. The zero-order valence-electron chi connectivity index (χ0n) is 17.3. The molecule has 154 valence electrons. The zero-order chi connectivity index (χ0) is 20.8. The van der Waals surface area contributed by atoms with E-state index in [9.17, 15) is 9.59 Å². The van der Waals surface area contributed by atoms with E-state index in [1.54, 1.807) is 0 Å². The molecule has 1 aromatic rings. The van der Waals surface area contributed by atoms with E-state index in [1.165, 1.54) is 0 Å². The van der Waals surface area contributed by atoms with E-state index in [2.05, 4.69) is 29.8 Å². The summed E-state index contributed by atoms with van der Waals surface area (Å²) < 4.78 is 6.83. The first-order chi connectivity index (χ1) is 13.7. The molecule has 0 aromatic heterocycles. The van der Waals surface area contributed by atoms with E-state index >= 15 is 0 Å². The minimum Gasteiger partial charge on any atom is -0.462 e. The predicted molar refractivity (Wildman–Crippen MR) is 117 cm³/mol. The lowest BCUT2D eigenvalue weighted by atomic mass is 9.67. The van der Waals surface area contributed by atoms with Crippen molar-refractivity contribution in [2.24, 2.45) is 16.3 Å². The van der Waals surface area contributed by atoms with Crippen LogP contribution in [0.5, 0.6) is 0 Å². The number of ether oxygens (including phenoxy) is 1. The molecule has 29 heavy (non-hydrogen) atoms. The molecule has 0 saturated heterocycles. The van der Waals surface area contributed by atoms with Gasteiger partial charge in [-0.1, -0.05) is 41.9 Å². The third-order valence-electron chi connectivity index (χ3n) is 6.35. The number of hydrogen-bond donors (Lipinski definition) is 0. The minimum atomic E-state index is -0.547. The molecule has 4 rings (SSSR count). The molecule has 1 fully saturated rings. The van der Waals surface area contributed by atoms with E-state index in [0.29, 0.717) is 12.0 Å². The van der Waals surface area contributed by atoms with Crippen LogP contribution in [-0.2, 0) is 14.3 Å². The molecule has 0 radical (unpaired) electrons. The second-order valence-electron chi connectivity index (χ2n) is 9.41. The van der Waals surface area contributed by atoms with Crippen molar-refractivity contribution in [1.82, 2.24) is 0 Å². The third-order valence-corrected chi connectivity index (χ3v) is 6.84. The summed E-state index contributed by atoms with van der Waals surface area (Å²) in [5.74, 6) is -1.02. The molecule has 0 amide bonds. The summed E-state index contributed by atoms with van der Waals surface area (Å²) in [5, 5.41) is 0. The number of rotatable bonds is 3. The van der Waals surface area contributed by atoms with Gasteiger partial charge >= 0.3 is 5.97 Å². The number of aliphatic imine (C=N–C) groups is 1. The second-order valence-corrected chi connectivity index (χ2v) is 10.3. The van der Waals surface area contributed by atoms with Crippen molar-refractivity contribution in [3.05, 3.63) is 45.6 Å². The Bertz CT molecular complexity index is 908. The first kappa shape index (κ1) is 20.5. The van der Waals surface area contributed by atoms with E-state index in [0.717, 1.165) is 53.5 Å². The molecule has 1 aliphatic heterocycles. The van der Waals surface area contributed by atoms with Gasteiger partial charge < -0.3 is 4.74 Å². The molecule has 1 aromatic carbocycles. The van der Waals surface area contributed by atoms with Gasteiger partial charge in [-0.25, -0.2) is 0 Å². The monoisotopic (exact) mass is 457 g/mol. The Morgan fingerprint density at radius 3 is 2.62 bits per heavy atom. The standard InChI is InChI=1S/C24H28BrNO3/c1-14-20(23(28)29-17-9-4-5-10-17)21(15-7-6-8-16(25)11-15)22-18(26-14)12-24(2,3)13-19(22)27/h6-8,11,17,20-21H,4-5,9-10,12-13H2,1-3H3/t20?,21-/m1/s1. The predicted octanol–water partition coefficient (Wildman–Crippen LogP) is 5.75. The molecule has 2 aliphatic carbocycles. The number of carbonyl (C=O) groups excluding carboxylic acids is 2. The van der Waals surface area contributed by atoms with Gasteiger partial charge in [0.25, 0.3) is 0 Å². The maximum Gasteiger partial charge on any atom is 0.315 e. The Balaban J connectivity index is 1.78. The average Bonchev–Trinajstić information content (AvgIpc) is 3.12. The SMILES string of the molecule is CC1=NC2=C(C(=O)CC(C)(C)C2)[C@H](c2cccc(Br)c2)C1C(=O)OC1CCCC1. The molecule has 5 heteroatoms. The quantitative estimate of drug-likeness (QED) is 0.542. The smallest absolute Gasteiger partial charge is 0.315 e. The number of halogens is 1. The van der Waals surface area contributed by atoms with Crippen molar-refractivity contribution in [3.63, 3.8) is 0 Å². The highest BCUT2D eigenvalue weighted by molar-refractivity contribution is 9.10. The third kappa shape index (κ3) is 4.11. The molecule has 0 N–H and O–H groups in total. The van der Waals surface area contributed by atoms with Crippen LogP contribution in [0.15, 0.2) is 45.0 Å². The van der Waals surface area contributed by atoms with Crippen molar-refractivity contribution in [3.8, 4) is 0 Å². The van der Waals surface area contributed by atoms with Gasteiger partial charge in [0.05, 0.1) is 0 Å². The molecule has 1 saturated carbocycles. The van der Waals surface area contributed by atoms with E-state index in [4.69, 9.17) is 9.73 Å². The fraction of sp³-hybridized carbons (Fsp3) is 0.542. The van der Waals surface area contributed by atoms with Gasteiger partial charge in [0.2, 0.25) is 0 Å². The summed E-state index contributed by atoms with van der Waals surface area (Å²) in [4.78, 5) is 31.3. The molecular weight excluding hydrogens is 430 g/mol. The van der Waals surface area contributed by atoms with E-state index in [-0.39, 0.29) is 29.2 Å². The molecule has 3 aliphatic rings. The van der Waals surface area contributed by atoms with Gasteiger partial charge in [-0.2, -0.15) is 0 Å². The number of ketones is 1. The molecule has 1 unspecified atom stereocenters. The summed E-state index contributed by atoms with van der Waals surface area (Å²) in [6.07, 6.45) is 5.29. The van der Waals surface area contributed by atoms with E-state index < -0.39 is 5.92 Å².